The number of amides is 1. The van der Waals surface area contributed by atoms with Gasteiger partial charge in [0.15, 0.2) is 5.82 Å². The predicted molar refractivity (Wildman–Crippen MR) is 124 cm³/mol. The smallest absolute Gasteiger partial charge is 0.336 e. The molecule has 0 aliphatic carbocycles. The number of carbonyl (C=O) groups excluding carboxylic acids is 1. The molecule has 1 amide bonds. The third-order valence-corrected chi connectivity index (χ3v) is 5.07. The summed E-state index contributed by atoms with van der Waals surface area (Å²) in [5.41, 5.74) is 0.963. The second-order valence-electron chi connectivity index (χ2n) is 6.97. The molecule has 1 aromatic heterocycles. The predicted octanol–water partition coefficient (Wildman–Crippen LogP) is 5.29. The maximum Gasteiger partial charge on any atom is 0.336 e. The molecular weight excluding hydrogens is 465 g/mol. The molecule has 4 rings (SSSR count). The molecule has 9 nitrogen and oxygen atoms in total. The van der Waals surface area contributed by atoms with E-state index in [1.54, 1.807) is 49.4 Å². The van der Waals surface area contributed by atoms with Crippen LogP contribution in [0.15, 0.2) is 66.7 Å². The summed E-state index contributed by atoms with van der Waals surface area (Å²) in [5, 5.41) is 18.0. The Labute approximate surface area is 197 Å². The molecule has 1 N–H and O–H groups in total. The van der Waals surface area contributed by atoms with E-state index in [2.05, 4.69) is 15.4 Å². The van der Waals surface area contributed by atoms with Crippen LogP contribution in [0.5, 0.6) is 6.01 Å². The van der Waals surface area contributed by atoms with Gasteiger partial charge in [-0.05, 0) is 55.5 Å². The SMILES string of the molecule is CCOc1nc(-c2ccccc2F)n(-c2ccc(NC(=O)c3ccc(Cl)c([N+](=O)[O-])c3)cc2)n1. The number of halogens is 2. The molecule has 0 radical (unpaired) electrons. The summed E-state index contributed by atoms with van der Waals surface area (Å²) >= 11 is 5.80. The van der Waals surface area contributed by atoms with Crippen LogP contribution in [0.3, 0.4) is 0 Å². The van der Waals surface area contributed by atoms with Crippen molar-refractivity contribution in [2.75, 3.05) is 11.9 Å². The van der Waals surface area contributed by atoms with Crippen LogP contribution in [0.1, 0.15) is 17.3 Å². The van der Waals surface area contributed by atoms with E-state index in [0.29, 0.717) is 18.0 Å². The second-order valence-corrected chi connectivity index (χ2v) is 7.37. The van der Waals surface area contributed by atoms with E-state index in [1.165, 1.54) is 22.9 Å². The molecule has 1 heterocycles. The third kappa shape index (κ3) is 4.71. The molecule has 0 aliphatic heterocycles. The minimum Gasteiger partial charge on any atom is -0.463 e. The van der Waals surface area contributed by atoms with Crippen LogP contribution in [0.2, 0.25) is 5.02 Å². The van der Waals surface area contributed by atoms with Gasteiger partial charge >= 0.3 is 6.01 Å². The van der Waals surface area contributed by atoms with E-state index in [-0.39, 0.29) is 33.7 Å². The number of hydrogen-bond donors (Lipinski definition) is 1. The molecule has 0 fully saturated rings. The maximum atomic E-state index is 14.4. The first-order valence-electron chi connectivity index (χ1n) is 10.1. The van der Waals surface area contributed by atoms with Gasteiger partial charge in [0.1, 0.15) is 10.8 Å². The molecule has 0 unspecified atom stereocenters. The van der Waals surface area contributed by atoms with E-state index in [4.69, 9.17) is 16.3 Å². The van der Waals surface area contributed by atoms with E-state index in [1.807, 2.05) is 0 Å². The van der Waals surface area contributed by atoms with Crippen molar-refractivity contribution in [3.05, 3.63) is 93.2 Å². The van der Waals surface area contributed by atoms with Gasteiger partial charge < -0.3 is 10.1 Å². The van der Waals surface area contributed by atoms with Crippen molar-refractivity contribution >= 4 is 28.9 Å². The summed E-state index contributed by atoms with van der Waals surface area (Å²) in [6.45, 7) is 2.13. The number of nitro benzene ring substituents is 1. The molecule has 0 aliphatic rings. The van der Waals surface area contributed by atoms with Gasteiger partial charge in [0.05, 0.1) is 22.8 Å². The minimum atomic E-state index is -0.657. The van der Waals surface area contributed by atoms with Crippen LogP contribution in [-0.2, 0) is 0 Å². The monoisotopic (exact) mass is 481 g/mol. The fourth-order valence-electron chi connectivity index (χ4n) is 3.16. The van der Waals surface area contributed by atoms with Crippen LogP contribution in [0.4, 0.5) is 15.8 Å². The van der Waals surface area contributed by atoms with Crippen molar-refractivity contribution in [1.82, 2.24) is 14.8 Å². The number of nitrogens with one attached hydrogen (secondary N) is 1. The lowest BCUT2D eigenvalue weighted by atomic mass is 10.1. The van der Waals surface area contributed by atoms with Gasteiger partial charge in [-0.15, -0.1) is 5.10 Å². The standard InChI is InChI=1S/C23H17ClFN5O4/c1-2-34-23-27-21(17-5-3-4-6-19(17)25)29(28-23)16-10-8-15(9-11-16)26-22(31)14-7-12-18(24)20(13-14)30(32)33/h3-13H,2H2,1H3,(H,26,31). The molecular formula is C23H17ClFN5O4. The summed E-state index contributed by atoms with van der Waals surface area (Å²) in [6.07, 6.45) is 0. The number of benzene rings is 3. The Morgan fingerprint density at radius 1 is 1.18 bits per heavy atom. The zero-order valence-electron chi connectivity index (χ0n) is 17.7. The number of ether oxygens (including phenoxy) is 1. The highest BCUT2D eigenvalue weighted by Crippen LogP contribution is 2.27. The Morgan fingerprint density at radius 2 is 1.91 bits per heavy atom. The highest BCUT2D eigenvalue weighted by Gasteiger charge is 2.19. The van der Waals surface area contributed by atoms with Gasteiger partial charge in [0.2, 0.25) is 0 Å². The maximum absolute atomic E-state index is 14.4. The van der Waals surface area contributed by atoms with E-state index < -0.39 is 16.6 Å². The van der Waals surface area contributed by atoms with Crippen molar-refractivity contribution < 1.29 is 18.8 Å². The molecule has 34 heavy (non-hydrogen) atoms. The average molecular weight is 482 g/mol. The minimum absolute atomic E-state index is 0.0594. The Kier molecular flexibility index (Phi) is 6.51. The van der Waals surface area contributed by atoms with Crippen LogP contribution < -0.4 is 10.1 Å². The number of nitro groups is 1. The summed E-state index contributed by atoms with van der Waals surface area (Å²) in [6, 6.07) is 16.6. The normalized spacial score (nSPS) is 10.7. The number of nitrogens with zero attached hydrogens (tertiary/aromatic N) is 4. The largest absolute Gasteiger partial charge is 0.463 e. The molecule has 172 valence electrons. The Bertz CT molecular complexity index is 1370. The first kappa shape index (κ1) is 22.9. The molecule has 0 saturated carbocycles. The Morgan fingerprint density at radius 3 is 2.59 bits per heavy atom. The molecule has 0 atom stereocenters. The third-order valence-electron chi connectivity index (χ3n) is 4.75. The Hall–Kier alpha value is -4.31. The Balaban J connectivity index is 1.61. The van der Waals surface area contributed by atoms with Gasteiger partial charge in [-0.25, -0.2) is 9.07 Å². The number of rotatable bonds is 7. The first-order chi connectivity index (χ1) is 16.4. The summed E-state index contributed by atoms with van der Waals surface area (Å²) < 4.78 is 21.3. The average Bonchev–Trinajstić information content (AvgIpc) is 3.23. The van der Waals surface area contributed by atoms with E-state index in [0.717, 1.165) is 6.07 Å². The summed E-state index contributed by atoms with van der Waals surface area (Å²) in [5.74, 6) is -0.745. The highest BCUT2D eigenvalue weighted by molar-refractivity contribution is 6.32. The second kappa shape index (κ2) is 9.67. The van der Waals surface area contributed by atoms with Gasteiger partial charge in [0.25, 0.3) is 11.6 Å². The van der Waals surface area contributed by atoms with Gasteiger partial charge in [0, 0.05) is 17.3 Å². The van der Waals surface area contributed by atoms with Crippen LogP contribution >= 0.6 is 11.6 Å². The lowest BCUT2D eigenvalue weighted by Crippen LogP contribution is -2.12. The number of anilines is 1. The zero-order valence-corrected chi connectivity index (χ0v) is 18.5. The van der Waals surface area contributed by atoms with Crippen LogP contribution in [0.25, 0.3) is 17.1 Å². The topological polar surface area (TPSA) is 112 Å². The number of carbonyl (C=O) groups is 1. The molecule has 4 aromatic rings. The van der Waals surface area contributed by atoms with E-state index in [9.17, 15) is 19.3 Å². The molecule has 11 heteroatoms. The van der Waals surface area contributed by atoms with Gasteiger partial charge in [-0.3, -0.25) is 14.9 Å². The van der Waals surface area contributed by atoms with Gasteiger partial charge in [-0.1, -0.05) is 23.7 Å². The fraction of sp³-hybridized carbons (Fsp3) is 0.0870. The lowest BCUT2D eigenvalue weighted by Gasteiger charge is -2.09. The molecule has 0 spiro atoms. The van der Waals surface area contributed by atoms with Crippen molar-refractivity contribution in [2.45, 2.75) is 6.92 Å². The van der Waals surface area contributed by atoms with Crippen molar-refractivity contribution in [2.24, 2.45) is 0 Å². The summed E-state index contributed by atoms with van der Waals surface area (Å²) in [4.78, 5) is 27.3. The summed E-state index contributed by atoms with van der Waals surface area (Å²) in [7, 11) is 0. The number of aromatic nitrogens is 3. The van der Waals surface area contributed by atoms with Crippen molar-refractivity contribution in [1.29, 1.82) is 0 Å². The van der Waals surface area contributed by atoms with Crippen molar-refractivity contribution in [3.63, 3.8) is 0 Å². The molecule has 0 saturated heterocycles. The number of hydrogen-bond acceptors (Lipinski definition) is 6. The van der Waals surface area contributed by atoms with E-state index >= 15 is 0 Å². The quantitative estimate of drug-likeness (QED) is 0.283. The van der Waals surface area contributed by atoms with Crippen molar-refractivity contribution in [3.8, 4) is 23.1 Å². The van der Waals surface area contributed by atoms with Crippen LogP contribution in [0, 0.1) is 15.9 Å². The van der Waals surface area contributed by atoms with Gasteiger partial charge in [-0.2, -0.15) is 4.98 Å². The lowest BCUT2D eigenvalue weighted by molar-refractivity contribution is -0.384. The van der Waals surface area contributed by atoms with Crippen LogP contribution in [-0.4, -0.2) is 32.2 Å². The fourth-order valence-corrected chi connectivity index (χ4v) is 3.35. The molecule has 0 bridgehead atoms. The molecule has 3 aromatic carbocycles. The first-order valence-corrected chi connectivity index (χ1v) is 10.5. The zero-order chi connectivity index (χ0) is 24.2. The highest BCUT2D eigenvalue weighted by atomic mass is 35.5.